The smallest absolute Gasteiger partial charge is 0.240 e. The van der Waals surface area contributed by atoms with E-state index in [0.29, 0.717) is 13.0 Å². The van der Waals surface area contributed by atoms with Crippen molar-refractivity contribution in [2.45, 2.75) is 72.1 Å². The fraction of sp³-hybridized carbons (Fsp3) is 0.611. The maximum atomic E-state index is 12.2. The number of hydrogen-bond donors (Lipinski definition) is 2. The molecule has 2 atom stereocenters. The van der Waals surface area contributed by atoms with Crippen LogP contribution in [0, 0.1) is 6.92 Å². The molecular formula is C18H31ClN2O2. The van der Waals surface area contributed by atoms with Crippen molar-refractivity contribution in [2.24, 2.45) is 5.73 Å². The summed E-state index contributed by atoms with van der Waals surface area (Å²) in [5.74, 6) is 0.716. The molecular weight excluding hydrogens is 312 g/mol. The van der Waals surface area contributed by atoms with E-state index >= 15 is 0 Å². The molecule has 23 heavy (non-hydrogen) atoms. The number of nitrogens with one attached hydrogen (secondary N) is 1. The number of hydrogen-bond acceptors (Lipinski definition) is 3. The maximum absolute atomic E-state index is 12.2. The Balaban J connectivity index is 0.00000484. The third kappa shape index (κ3) is 6.80. The molecule has 132 valence electrons. The van der Waals surface area contributed by atoms with Gasteiger partial charge in [-0.1, -0.05) is 32.4 Å². The molecule has 0 radical (unpaired) electrons. The van der Waals surface area contributed by atoms with Gasteiger partial charge in [0.25, 0.3) is 0 Å². The van der Waals surface area contributed by atoms with Crippen LogP contribution in [-0.4, -0.2) is 17.6 Å². The van der Waals surface area contributed by atoms with Crippen LogP contribution in [0.25, 0.3) is 0 Å². The average molecular weight is 343 g/mol. The van der Waals surface area contributed by atoms with E-state index < -0.39 is 5.54 Å². The van der Waals surface area contributed by atoms with Crippen molar-refractivity contribution < 1.29 is 9.53 Å². The SMILES string of the molecule is CCCC(C)(N)C(=O)NCc1ccc(C)cc1OC(C)CC.Cl. The Morgan fingerprint density at radius 2 is 2.04 bits per heavy atom. The van der Waals surface area contributed by atoms with Crippen LogP contribution >= 0.6 is 12.4 Å². The summed E-state index contributed by atoms with van der Waals surface area (Å²) in [4.78, 5) is 12.2. The Morgan fingerprint density at radius 1 is 1.39 bits per heavy atom. The second kappa shape index (κ2) is 9.78. The van der Waals surface area contributed by atoms with E-state index in [0.717, 1.165) is 29.7 Å². The van der Waals surface area contributed by atoms with Gasteiger partial charge < -0.3 is 15.8 Å². The zero-order valence-electron chi connectivity index (χ0n) is 14.9. The van der Waals surface area contributed by atoms with Crippen LogP contribution in [0.15, 0.2) is 18.2 Å². The highest BCUT2D eigenvalue weighted by molar-refractivity contribution is 5.85. The van der Waals surface area contributed by atoms with Crippen molar-refractivity contribution >= 4 is 18.3 Å². The van der Waals surface area contributed by atoms with Gasteiger partial charge in [0, 0.05) is 12.1 Å². The summed E-state index contributed by atoms with van der Waals surface area (Å²) in [6.07, 6.45) is 2.64. The number of amides is 1. The number of nitrogens with two attached hydrogens (primary N) is 1. The van der Waals surface area contributed by atoms with Crippen LogP contribution < -0.4 is 15.8 Å². The van der Waals surface area contributed by atoms with Crippen molar-refractivity contribution in [1.29, 1.82) is 0 Å². The van der Waals surface area contributed by atoms with Gasteiger partial charge in [-0.3, -0.25) is 4.79 Å². The highest BCUT2D eigenvalue weighted by Gasteiger charge is 2.26. The fourth-order valence-corrected chi connectivity index (χ4v) is 2.23. The minimum Gasteiger partial charge on any atom is -0.490 e. The first kappa shape index (κ1) is 21.7. The Bertz CT molecular complexity index is 504. The van der Waals surface area contributed by atoms with E-state index in [1.807, 2.05) is 39.0 Å². The molecule has 0 saturated heterocycles. The largest absolute Gasteiger partial charge is 0.490 e. The summed E-state index contributed by atoms with van der Waals surface area (Å²) in [7, 11) is 0. The Morgan fingerprint density at radius 3 is 2.61 bits per heavy atom. The first-order valence-electron chi connectivity index (χ1n) is 8.13. The summed E-state index contributed by atoms with van der Waals surface area (Å²) in [5, 5.41) is 2.93. The predicted molar refractivity (Wildman–Crippen MR) is 98.2 cm³/mol. The first-order chi connectivity index (χ1) is 10.3. The van der Waals surface area contributed by atoms with E-state index in [2.05, 4.69) is 12.2 Å². The van der Waals surface area contributed by atoms with Gasteiger partial charge in [0.1, 0.15) is 5.75 Å². The topological polar surface area (TPSA) is 64.4 Å². The second-order valence-corrected chi connectivity index (χ2v) is 6.30. The summed E-state index contributed by atoms with van der Waals surface area (Å²) in [5.41, 5.74) is 7.35. The van der Waals surface area contributed by atoms with Gasteiger partial charge in [0.15, 0.2) is 0 Å². The van der Waals surface area contributed by atoms with Crippen LogP contribution in [0.1, 0.15) is 58.1 Å². The van der Waals surface area contributed by atoms with Crippen molar-refractivity contribution in [3.8, 4) is 5.75 Å². The minimum absolute atomic E-state index is 0. The van der Waals surface area contributed by atoms with Gasteiger partial charge in [-0.15, -0.1) is 12.4 Å². The molecule has 0 heterocycles. The van der Waals surface area contributed by atoms with Gasteiger partial charge in [0.05, 0.1) is 11.6 Å². The van der Waals surface area contributed by atoms with Crippen LogP contribution in [-0.2, 0) is 11.3 Å². The molecule has 1 amide bonds. The highest BCUT2D eigenvalue weighted by atomic mass is 35.5. The fourth-order valence-electron chi connectivity index (χ4n) is 2.23. The number of carbonyl (C=O) groups is 1. The van der Waals surface area contributed by atoms with Gasteiger partial charge in [-0.05, 0) is 45.2 Å². The zero-order chi connectivity index (χ0) is 16.8. The molecule has 3 N–H and O–H groups in total. The molecule has 0 aliphatic carbocycles. The normalized spacial score (nSPS) is 14.3. The predicted octanol–water partition coefficient (Wildman–Crippen LogP) is 3.73. The van der Waals surface area contributed by atoms with Crippen molar-refractivity contribution in [3.63, 3.8) is 0 Å². The Kier molecular flexibility index (Phi) is 9.25. The zero-order valence-corrected chi connectivity index (χ0v) is 15.8. The van der Waals surface area contributed by atoms with E-state index in [4.69, 9.17) is 10.5 Å². The molecule has 0 saturated carbocycles. The van der Waals surface area contributed by atoms with E-state index in [1.54, 1.807) is 6.92 Å². The highest BCUT2D eigenvalue weighted by Crippen LogP contribution is 2.22. The number of halogens is 1. The van der Waals surface area contributed by atoms with Crippen LogP contribution in [0.5, 0.6) is 5.75 Å². The van der Waals surface area contributed by atoms with Gasteiger partial charge in [-0.25, -0.2) is 0 Å². The number of rotatable bonds is 8. The summed E-state index contributed by atoms with van der Waals surface area (Å²) < 4.78 is 5.96. The van der Waals surface area contributed by atoms with Gasteiger partial charge >= 0.3 is 0 Å². The Labute approximate surface area is 146 Å². The van der Waals surface area contributed by atoms with Crippen LogP contribution in [0.4, 0.5) is 0 Å². The first-order valence-corrected chi connectivity index (χ1v) is 8.13. The lowest BCUT2D eigenvalue weighted by atomic mass is 9.96. The lowest BCUT2D eigenvalue weighted by Crippen LogP contribution is -2.51. The molecule has 0 bridgehead atoms. The van der Waals surface area contributed by atoms with Crippen molar-refractivity contribution in [3.05, 3.63) is 29.3 Å². The van der Waals surface area contributed by atoms with Crippen molar-refractivity contribution in [1.82, 2.24) is 5.32 Å². The standard InChI is InChI=1S/C18H30N2O2.ClH/c1-6-10-18(5,19)17(21)20-12-15-9-8-13(3)11-16(15)22-14(4)7-2;/h8-9,11,14H,6-7,10,12,19H2,1-5H3,(H,20,21);1H. The molecule has 4 nitrogen and oxygen atoms in total. The monoisotopic (exact) mass is 342 g/mol. The molecule has 1 aromatic rings. The number of benzene rings is 1. The van der Waals surface area contributed by atoms with E-state index in [1.165, 1.54) is 0 Å². The van der Waals surface area contributed by atoms with Gasteiger partial charge in [-0.2, -0.15) is 0 Å². The Hall–Kier alpha value is -1.26. The van der Waals surface area contributed by atoms with Crippen molar-refractivity contribution in [2.75, 3.05) is 0 Å². The minimum atomic E-state index is -0.822. The number of aryl methyl sites for hydroxylation is 1. The lowest BCUT2D eigenvalue weighted by Gasteiger charge is -2.23. The quantitative estimate of drug-likeness (QED) is 0.756. The molecule has 0 aliphatic rings. The molecule has 1 rings (SSSR count). The summed E-state index contributed by atoms with van der Waals surface area (Å²) in [6.45, 7) is 10.4. The molecule has 0 fully saturated rings. The van der Waals surface area contributed by atoms with E-state index in [-0.39, 0.29) is 24.4 Å². The molecule has 2 unspecified atom stereocenters. The van der Waals surface area contributed by atoms with Crippen LogP contribution in [0.2, 0.25) is 0 Å². The average Bonchev–Trinajstić information content (AvgIpc) is 2.45. The molecule has 1 aromatic carbocycles. The summed E-state index contributed by atoms with van der Waals surface area (Å²) >= 11 is 0. The molecule has 0 spiro atoms. The molecule has 0 aromatic heterocycles. The number of ether oxygens (including phenoxy) is 1. The number of carbonyl (C=O) groups excluding carboxylic acids is 1. The van der Waals surface area contributed by atoms with Crippen LogP contribution in [0.3, 0.4) is 0 Å². The third-order valence-corrected chi connectivity index (χ3v) is 3.85. The summed E-state index contributed by atoms with van der Waals surface area (Å²) in [6, 6.07) is 6.04. The second-order valence-electron chi connectivity index (χ2n) is 6.30. The maximum Gasteiger partial charge on any atom is 0.240 e. The molecule has 5 heteroatoms. The third-order valence-electron chi connectivity index (χ3n) is 3.85. The van der Waals surface area contributed by atoms with E-state index in [9.17, 15) is 4.79 Å². The molecule has 0 aliphatic heterocycles. The van der Waals surface area contributed by atoms with Gasteiger partial charge in [0.2, 0.25) is 5.91 Å². The lowest BCUT2D eigenvalue weighted by molar-refractivity contribution is -0.126.